The summed E-state index contributed by atoms with van der Waals surface area (Å²) in [6, 6.07) is 0. The summed E-state index contributed by atoms with van der Waals surface area (Å²) in [4.78, 5) is 0. The molecule has 0 amide bonds. The molecule has 138 valence electrons. The Bertz CT molecular complexity index is 445. The van der Waals surface area contributed by atoms with Gasteiger partial charge in [-0.05, 0) is 106 Å². The van der Waals surface area contributed by atoms with E-state index in [2.05, 4.69) is 13.8 Å². The molecule has 0 spiro atoms. The van der Waals surface area contributed by atoms with E-state index in [4.69, 9.17) is 0 Å². The summed E-state index contributed by atoms with van der Waals surface area (Å²) in [5, 5.41) is 20.5. The molecule has 4 rings (SSSR count). The van der Waals surface area contributed by atoms with Crippen molar-refractivity contribution in [3.63, 3.8) is 0 Å². The Balaban J connectivity index is 1.57. The van der Waals surface area contributed by atoms with Gasteiger partial charge in [0.2, 0.25) is 0 Å². The molecule has 4 aliphatic rings. The molecule has 2 N–H and O–H groups in total. The van der Waals surface area contributed by atoms with Crippen molar-refractivity contribution in [3.8, 4) is 0 Å². The van der Waals surface area contributed by atoms with E-state index in [0.717, 1.165) is 54.3 Å². The Morgan fingerprint density at radius 2 is 1.71 bits per heavy atom. The molecule has 0 aromatic heterocycles. The number of aliphatic hydroxyl groups is 2. The van der Waals surface area contributed by atoms with Crippen LogP contribution in [0.2, 0.25) is 0 Å². The molecule has 0 radical (unpaired) electrons. The van der Waals surface area contributed by atoms with Crippen molar-refractivity contribution in [3.05, 3.63) is 0 Å². The van der Waals surface area contributed by atoms with Gasteiger partial charge in [0.05, 0.1) is 5.60 Å². The smallest absolute Gasteiger partial charge is 0.0622 e. The maximum Gasteiger partial charge on any atom is 0.0622 e. The topological polar surface area (TPSA) is 40.5 Å². The summed E-state index contributed by atoms with van der Waals surface area (Å²) in [6.45, 7) is 4.97. The van der Waals surface area contributed by atoms with Crippen molar-refractivity contribution in [1.29, 1.82) is 0 Å². The van der Waals surface area contributed by atoms with Gasteiger partial charge in [-0.15, -0.1) is 0 Å². The van der Waals surface area contributed by atoms with Gasteiger partial charge in [-0.25, -0.2) is 0 Å². The van der Waals surface area contributed by atoms with Gasteiger partial charge in [-0.1, -0.05) is 19.8 Å². The van der Waals surface area contributed by atoms with Crippen molar-refractivity contribution < 1.29 is 10.2 Å². The minimum Gasteiger partial charge on any atom is -0.396 e. The predicted molar refractivity (Wildman–Crippen MR) is 97.5 cm³/mol. The molecule has 0 unspecified atom stereocenters. The van der Waals surface area contributed by atoms with E-state index < -0.39 is 5.60 Å². The zero-order chi connectivity index (χ0) is 16.9. The average molecular weight is 335 g/mol. The van der Waals surface area contributed by atoms with Crippen molar-refractivity contribution in [2.24, 2.45) is 47.3 Å². The van der Waals surface area contributed by atoms with Gasteiger partial charge in [0.15, 0.2) is 0 Å². The Morgan fingerprint density at radius 1 is 0.917 bits per heavy atom. The van der Waals surface area contributed by atoms with Gasteiger partial charge in [0.25, 0.3) is 0 Å². The summed E-state index contributed by atoms with van der Waals surface area (Å²) in [7, 11) is 0. The fourth-order valence-electron chi connectivity index (χ4n) is 7.94. The molecule has 2 heteroatoms. The molecule has 9 atom stereocenters. The van der Waals surface area contributed by atoms with Gasteiger partial charge in [-0.3, -0.25) is 0 Å². The molecule has 4 fully saturated rings. The second-order valence-electron chi connectivity index (χ2n) is 10.3. The van der Waals surface area contributed by atoms with Crippen molar-refractivity contribution in [1.82, 2.24) is 0 Å². The Kier molecular flexibility index (Phi) is 4.75. The first-order valence-corrected chi connectivity index (χ1v) is 10.8. The molecule has 0 saturated heterocycles. The molecule has 0 aromatic carbocycles. The Hall–Kier alpha value is -0.0800. The standard InChI is InChI=1S/C22H38O2/c1-14-11-20-17-9-10-22(2,24)12-15(17)7-8-18(20)19-6-4-3-5-16(13-23)21(14)19/h14-21,23-24H,3-13H2,1-2H3/t14-,15+,16-,17-,18-,19-,20+,21+,22+/m0/s1. The van der Waals surface area contributed by atoms with Crippen molar-refractivity contribution >= 4 is 0 Å². The highest BCUT2D eigenvalue weighted by Crippen LogP contribution is 2.59. The summed E-state index contributed by atoms with van der Waals surface area (Å²) in [5.74, 6) is 6.49. The maximum atomic E-state index is 10.5. The number of rotatable bonds is 1. The lowest BCUT2D eigenvalue weighted by Crippen LogP contribution is -2.51. The lowest BCUT2D eigenvalue weighted by atomic mass is 9.49. The first-order chi connectivity index (χ1) is 11.5. The van der Waals surface area contributed by atoms with Crippen molar-refractivity contribution in [2.45, 2.75) is 83.7 Å². The lowest BCUT2D eigenvalue weighted by Gasteiger charge is -2.57. The molecule has 4 aliphatic carbocycles. The van der Waals surface area contributed by atoms with Crippen LogP contribution in [-0.2, 0) is 0 Å². The quantitative estimate of drug-likeness (QED) is 0.733. The van der Waals surface area contributed by atoms with Gasteiger partial charge >= 0.3 is 0 Å². The monoisotopic (exact) mass is 334 g/mol. The Morgan fingerprint density at radius 3 is 2.50 bits per heavy atom. The van der Waals surface area contributed by atoms with Crippen LogP contribution in [0.15, 0.2) is 0 Å². The third-order valence-corrected chi connectivity index (χ3v) is 8.78. The molecule has 4 saturated carbocycles. The second kappa shape index (κ2) is 6.58. The van der Waals surface area contributed by atoms with Gasteiger partial charge in [0.1, 0.15) is 0 Å². The van der Waals surface area contributed by atoms with Crippen LogP contribution >= 0.6 is 0 Å². The SMILES string of the molecule is C[C@H]1C[C@H]2[C@@H](CC[C@@H]3C[C@](C)(O)CC[C@@H]32)[C@@H]2CCCC[C@@H](CO)[C@H]21. The molecule has 24 heavy (non-hydrogen) atoms. The molecule has 0 aromatic rings. The number of hydrogen-bond acceptors (Lipinski definition) is 2. The molecule has 0 heterocycles. The zero-order valence-electron chi connectivity index (χ0n) is 15.8. The first kappa shape index (κ1) is 17.3. The molecular weight excluding hydrogens is 296 g/mol. The van der Waals surface area contributed by atoms with Crippen LogP contribution < -0.4 is 0 Å². The van der Waals surface area contributed by atoms with Crippen LogP contribution in [0.5, 0.6) is 0 Å². The third-order valence-electron chi connectivity index (χ3n) is 8.78. The van der Waals surface area contributed by atoms with Gasteiger partial charge in [0, 0.05) is 6.61 Å². The van der Waals surface area contributed by atoms with Crippen LogP contribution in [0.4, 0.5) is 0 Å². The maximum absolute atomic E-state index is 10.5. The van der Waals surface area contributed by atoms with E-state index in [0.29, 0.717) is 12.5 Å². The van der Waals surface area contributed by atoms with Crippen LogP contribution in [0.25, 0.3) is 0 Å². The summed E-state index contributed by atoms with van der Waals surface area (Å²) < 4.78 is 0. The lowest BCUT2D eigenvalue weighted by molar-refractivity contribution is -0.105. The molecular formula is C22H38O2. The number of aliphatic hydroxyl groups excluding tert-OH is 1. The fraction of sp³-hybridized carbons (Fsp3) is 1.00. The van der Waals surface area contributed by atoms with Gasteiger partial charge < -0.3 is 10.2 Å². The molecule has 0 bridgehead atoms. The minimum absolute atomic E-state index is 0.402. The average Bonchev–Trinajstić information content (AvgIpc) is 2.76. The minimum atomic E-state index is -0.402. The largest absolute Gasteiger partial charge is 0.396 e. The summed E-state index contributed by atoms with van der Waals surface area (Å²) >= 11 is 0. The predicted octanol–water partition coefficient (Wildman–Crippen LogP) is 4.63. The van der Waals surface area contributed by atoms with E-state index in [1.807, 2.05) is 0 Å². The zero-order valence-corrected chi connectivity index (χ0v) is 15.8. The van der Waals surface area contributed by atoms with Gasteiger partial charge in [-0.2, -0.15) is 0 Å². The summed E-state index contributed by atoms with van der Waals surface area (Å²) in [6.07, 6.45) is 12.8. The highest BCUT2D eigenvalue weighted by molar-refractivity contribution is 5.02. The third kappa shape index (κ3) is 2.96. The Labute approximate surface area is 148 Å². The van der Waals surface area contributed by atoms with E-state index in [1.54, 1.807) is 0 Å². The summed E-state index contributed by atoms with van der Waals surface area (Å²) in [5.41, 5.74) is -0.402. The van der Waals surface area contributed by atoms with Crippen LogP contribution in [-0.4, -0.2) is 22.4 Å². The fourth-order valence-corrected chi connectivity index (χ4v) is 7.94. The highest BCUT2D eigenvalue weighted by Gasteiger charge is 2.52. The molecule has 0 aliphatic heterocycles. The van der Waals surface area contributed by atoms with Crippen LogP contribution in [0.3, 0.4) is 0 Å². The van der Waals surface area contributed by atoms with E-state index in [-0.39, 0.29) is 0 Å². The van der Waals surface area contributed by atoms with Crippen molar-refractivity contribution in [2.75, 3.05) is 6.61 Å². The van der Waals surface area contributed by atoms with Crippen LogP contribution in [0, 0.1) is 47.3 Å². The van der Waals surface area contributed by atoms with E-state index in [1.165, 1.54) is 51.4 Å². The number of fused-ring (bicyclic) bond motifs is 5. The van der Waals surface area contributed by atoms with Crippen LogP contribution in [0.1, 0.15) is 78.1 Å². The second-order valence-corrected chi connectivity index (χ2v) is 10.3. The first-order valence-electron chi connectivity index (χ1n) is 10.8. The number of hydrogen-bond donors (Lipinski definition) is 2. The normalized spacial score (nSPS) is 55.0. The highest BCUT2D eigenvalue weighted by atomic mass is 16.3. The van der Waals surface area contributed by atoms with E-state index >= 15 is 0 Å². The molecule has 2 nitrogen and oxygen atoms in total. The van der Waals surface area contributed by atoms with E-state index in [9.17, 15) is 10.2 Å².